The summed E-state index contributed by atoms with van der Waals surface area (Å²) in [5.74, 6) is 0.658. The van der Waals surface area contributed by atoms with Gasteiger partial charge in [-0.25, -0.2) is 4.79 Å². The van der Waals surface area contributed by atoms with Crippen LogP contribution in [0.25, 0.3) is 16.5 Å². The molecule has 0 N–H and O–H groups in total. The van der Waals surface area contributed by atoms with E-state index in [1.54, 1.807) is 66.7 Å². The highest BCUT2D eigenvalue weighted by Crippen LogP contribution is 2.32. The number of benzene rings is 3. The molecule has 1 aromatic heterocycles. The Bertz CT molecular complexity index is 1310. The topological polar surface area (TPSA) is 79.7 Å². The number of carbonyl (C=O) groups is 1. The number of rotatable bonds is 4. The van der Waals surface area contributed by atoms with Crippen LogP contribution in [-0.2, 0) is 11.3 Å². The molecule has 30 heavy (non-hydrogen) atoms. The first-order valence-corrected chi connectivity index (χ1v) is 9.34. The standard InChI is InChI=1S/C23H16N2O5/c26-22-18-9-5-4-8-17(18)21(24-25(22)16-6-2-1-3-7-16)23(27)28-13-15-10-11-19-20(12-15)30-14-29-19/h1-12H,13-14H2. The summed E-state index contributed by atoms with van der Waals surface area (Å²) in [5, 5.41) is 5.17. The molecule has 148 valence electrons. The van der Waals surface area contributed by atoms with Gasteiger partial charge in [-0.1, -0.05) is 42.5 Å². The largest absolute Gasteiger partial charge is 0.456 e. The van der Waals surface area contributed by atoms with Crippen LogP contribution in [-0.4, -0.2) is 22.5 Å². The molecule has 7 heteroatoms. The lowest BCUT2D eigenvalue weighted by Gasteiger charge is -2.11. The summed E-state index contributed by atoms with van der Waals surface area (Å²) < 4.78 is 17.4. The van der Waals surface area contributed by atoms with Crippen molar-refractivity contribution in [1.29, 1.82) is 0 Å². The van der Waals surface area contributed by atoms with Gasteiger partial charge < -0.3 is 14.2 Å². The van der Waals surface area contributed by atoms with E-state index in [0.717, 1.165) is 5.56 Å². The summed E-state index contributed by atoms with van der Waals surface area (Å²) in [6.07, 6.45) is 0. The quantitative estimate of drug-likeness (QED) is 0.488. The molecule has 0 saturated heterocycles. The van der Waals surface area contributed by atoms with Crippen LogP contribution in [0.3, 0.4) is 0 Å². The van der Waals surface area contributed by atoms with Gasteiger partial charge in [-0.05, 0) is 35.9 Å². The van der Waals surface area contributed by atoms with Gasteiger partial charge in [-0.3, -0.25) is 4.79 Å². The van der Waals surface area contributed by atoms with Crippen LogP contribution in [0.4, 0.5) is 0 Å². The minimum atomic E-state index is -0.617. The Morgan fingerprint density at radius 3 is 2.50 bits per heavy atom. The second-order valence-electron chi connectivity index (χ2n) is 6.71. The second-order valence-corrected chi connectivity index (χ2v) is 6.71. The molecule has 4 aromatic rings. The Labute approximate surface area is 171 Å². The maximum atomic E-state index is 12.9. The van der Waals surface area contributed by atoms with Gasteiger partial charge in [0, 0.05) is 5.39 Å². The Hall–Kier alpha value is -4.13. The van der Waals surface area contributed by atoms with Gasteiger partial charge in [0.15, 0.2) is 17.2 Å². The van der Waals surface area contributed by atoms with Crippen molar-refractivity contribution in [1.82, 2.24) is 9.78 Å². The normalized spacial score (nSPS) is 12.1. The first kappa shape index (κ1) is 17.9. The average molecular weight is 400 g/mol. The average Bonchev–Trinajstić information content (AvgIpc) is 3.26. The zero-order valence-corrected chi connectivity index (χ0v) is 15.8. The molecular formula is C23H16N2O5. The Kier molecular flexibility index (Phi) is 4.40. The van der Waals surface area contributed by atoms with Crippen molar-refractivity contribution < 1.29 is 19.0 Å². The fraction of sp³-hybridized carbons (Fsp3) is 0.0870. The van der Waals surface area contributed by atoms with E-state index >= 15 is 0 Å². The highest BCUT2D eigenvalue weighted by Gasteiger charge is 2.19. The molecule has 3 aromatic carbocycles. The third-order valence-corrected chi connectivity index (χ3v) is 4.81. The van der Waals surface area contributed by atoms with Gasteiger partial charge in [0.1, 0.15) is 6.61 Å². The monoisotopic (exact) mass is 400 g/mol. The summed E-state index contributed by atoms with van der Waals surface area (Å²) in [7, 11) is 0. The highest BCUT2D eigenvalue weighted by molar-refractivity contribution is 6.02. The van der Waals surface area contributed by atoms with Gasteiger partial charge in [0.05, 0.1) is 11.1 Å². The van der Waals surface area contributed by atoms with Crippen molar-refractivity contribution in [3.63, 3.8) is 0 Å². The molecule has 0 radical (unpaired) electrons. The molecule has 0 unspecified atom stereocenters. The van der Waals surface area contributed by atoms with E-state index in [-0.39, 0.29) is 24.7 Å². The van der Waals surface area contributed by atoms with Crippen molar-refractivity contribution in [3.05, 3.63) is 94.4 Å². The minimum Gasteiger partial charge on any atom is -0.456 e. The van der Waals surface area contributed by atoms with Gasteiger partial charge >= 0.3 is 5.97 Å². The number of hydrogen-bond acceptors (Lipinski definition) is 6. The number of fused-ring (bicyclic) bond motifs is 2. The summed E-state index contributed by atoms with van der Waals surface area (Å²) in [6, 6.07) is 21.2. The van der Waals surface area contributed by atoms with Crippen molar-refractivity contribution >= 4 is 16.7 Å². The lowest BCUT2D eigenvalue weighted by Crippen LogP contribution is -2.25. The van der Waals surface area contributed by atoms with Gasteiger partial charge in [0.25, 0.3) is 5.56 Å². The molecule has 0 fully saturated rings. The molecule has 0 spiro atoms. The third kappa shape index (κ3) is 3.16. The Balaban J connectivity index is 1.50. The van der Waals surface area contributed by atoms with Gasteiger partial charge in [-0.15, -0.1) is 0 Å². The smallest absolute Gasteiger partial charge is 0.359 e. The number of esters is 1. The molecule has 5 rings (SSSR count). The summed E-state index contributed by atoms with van der Waals surface area (Å²) in [6.45, 7) is 0.214. The lowest BCUT2D eigenvalue weighted by atomic mass is 10.1. The van der Waals surface area contributed by atoms with Crippen LogP contribution in [0.5, 0.6) is 11.5 Å². The summed E-state index contributed by atoms with van der Waals surface area (Å²) in [4.78, 5) is 25.8. The molecule has 2 heterocycles. The lowest BCUT2D eigenvalue weighted by molar-refractivity contribution is 0.0466. The summed E-state index contributed by atoms with van der Waals surface area (Å²) >= 11 is 0. The van der Waals surface area contributed by atoms with Crippen molar-refractivity contribution in [3.8, 4) is 17.2 Å². The van der Waals surface area contributed by atoms with Crippen molar-refractivity contribution in [2.24, 2.45) is 0 Å². The molecule has 0 amide bonds. The number of nitrogens with zero attached hydrogens (tertiary/aromatic N) is 2. The fourth-order valence-corrected chi connectivity index (χ4v) is 3.33. The SMILES string of the molecule is O=C(OCc1ccc2c(c1)OCO2)c1nn(-c2ccccc2)c(=O)c2ccccc12. The maximum Gasteiger partial charge on any atom is 0.359 e. The number of aromatic nitrogens is 2. The zero-order valence-electron chi connectivity index (χ0n) is 15.8. The molecule has 1 aliphatic heterocycles. The molecular weight excluding hydrogens is 384 g/mol. The van der Waals surface area contributed by atoms with Crippen LogP contribution < -0.4 is 15.0 Å². The molecule has 0 saturated carbocycles. The van der Waals surface area contributed by atoms with Gasteiger partial charge in [0.2, 0.25) is 6.79 Å². The van der Waals surface area contributed by atoms with Gasteiger partial charge in [-0.2, -0.15) is 9.78 Å². The zero-order chi connectivity index (χ0) is 20.5. The number of ether oxygens (including phenoxy) is 3. The Morgan fingerprint density at radius 2 is 1.67 bits per heavy atom. The molecule has 7 nitrogen and oxygen atoms in total. The molecule has 0 bridgehead atoms. The van der Waals surface area contributed by atoms with Crippen LogP contribution >= 0.6 is 0 Å². The van der Waals surface area contributed by atoms with E-state index < -0.39 is 5.97 Å². The van der Waals surface area contributed by atoms with Crippen LogP contribution in [0, 0.1) is 0 Å². The second kappa shape index (κ2) is 7.36. The minimum absolute atomic E-state index is 0.0376. The third-order valence-electron chi connectivity index (χ3n) is 4.81. The predicted octanol–water partition coefficient (Wildman–Crippen LogP) is 3.47. The maximum absolute atomic E-state index is 12.9. The molecule has 1 aliphatic rings. The van der Waals surface area contributed by atoms with E-state index in [9.17, 15) is 9.59 Å². The van der Waals surface area contributed by atoms with Crippen LogP contribution in [0.15, 0.2) is 77.6 Å². The molecule has 0 aliphatic carbocycles. The van der Waals surface area contributed by atoms with E-state index in [4.69, 9.17) is 14.2 Å². The number of hydrogen-bond donors (Lipinski definition) is 0. The fourth-order valence-electron chi connectivity index (χ4n) is 3.33. The van der Waals surface area contributed by atoms with Crippen LogP contribution in [0.1, 0.15) is 16.1 Å². The first-order chi connectivity index (χ1) is 14.7. The summed E-state index contributed by atoms with van der Waals surface area (Å²) in [5.41, 5.74) is 1.10. The first-order valence-electron chi connectivity index (χ1n) is 9.34. The van der Waals surface area contributed by atoms with E-state index in [2.05, 4.69) is 5.10 Å². The highest BCUT2D eigenvalue weighted by atomic mass is 16.7. The number of carbonyl (C=O) groups excluding carboxylic acids is 1. The van der Waals surface area contributed by atoms with Crippen molar-refractivity contribution in [2.75, 3.05) is 6.79 Å². The molecule has 0 atom stereocenters. The number of para-hydroxylation sites is 1. The van der Waals surface area contributed by atoms with Crippen molar-refractivity contribution in [2.45, 2.75) is 6.61 Å². The van der Waals surface area contributed by atoms with E-state index in [0.29, 0.717) is 28.0 Å². The predicted molar refractivity (Wildman–Crippen MR) is 109 cm³/mol. The van der Waals surface area contributed by atoms with Crippen LogP contribution in [0.2, 0.25) is 0 Å². The van der Waals surface area contributed by atoms with E-state index in [1.165, 1.54) is 4.68 Å². The Morgan fingerprint density at radius 1 is 0.933 bits per heavy atom. The van der Waals surface area contributed by atoms with E-state index in [1.807, 2.05) is 6.07 Å².